The lowest BCUT2D eigenvalue weighted by atomic mass is 9.98. The number of hydrogen-bond donors (Lipinski definition) is 2. The fourth-order valence-electron chi connectivity index (χ4n) is 2.31. The average Bonchev–Trinajstić information content (AvgIpc) is 2.96. The Hall–Kier alpha value is -2.92. The van der Waals surface area contributed by atoms with Gasteiger partial charge in [0.2, 0.25) is 23.4 Å². The zero-order valence-electron chi connectivity index (χ0n) is 13.3. The summed E-state index contributed by atoms with van der Waals surface area (Å²) >= 11 is 0. The van der Waals surface area contributed by atoms with Crippen LogP contribution in [-0.2, 0) is 20.5 Å². The highest BCUT2D eigenvalue weighted by molar-refractivity contribution is 5.88. The third-order valence-corrected chi connectivity index (χ3v) is 3.52. The van der Waals surface area contributed by atoms with E-state index in [1.807, 2.05) is 0 Å². The molecule has 142 valence electrons. The summed E-state index contributed by atoms with van der Waals surface area (Å²) in [7, 11) is 0. The normalized spacial score (nSPS) is 18.1. The first-order valence-corrected chi connectivity index (χ1v) is 7.46. The number of primary amides is 1. The minimum Gasteiger partial charge on any atom is -0.469 e. The lowest BCUT2D eigenvalue weighted by molar-refractivity contribution is -0.145. The van der Waals surface area contributed by atoms with Crippen molar-refractivity contribution in [1.82, 2.24) is 15.3 Å². The van der Waals surface area contributed by atoms with E-state index in [9.17, 15) is 27.6 Å². The topological polar surface area (TPSA) is 134 Å². The Balaban J connectivity index is 2.00. The summed E-state index contributed by atoms with van der Waals surface area (Å²) in [6.07, 6.45) is -6.17. The zero-order valence-corrected chi connectivity index (χ0v) is 13.3. The third kappa shape index (κ3) is 5.29. The predicted molar refractivity (Wildman–Crippen MR) is 77.7 cm³/mol. The Morgan fingerprint density at radius 1 is 1.42 bits per heavy atom. The molecule has 0 aromatic carbocycles. The van der Waals surface area contributed by atoms with Gasteiger partial charge in [-0.2, -0.15) is 18.2 Å². The van der Waals surface area contributed by atoms with Crippen LogP contribution in [0.15, 0.2) is 12.3 Å². The summed E-state index contributed by atoms with van der Waals surface area (Å²) in [6.45, 7) is -0.292. The molecule has 2 amide bonds. The highest BCUT2D eigenvalue weighted by atomic mass is 19.4. The fourth-order valence-corrected chi connectivity index (χ4v) is 2.31. The van der Waals surface area contributed by atoms with E-state index in [0.29, 0.717) is 13.0 Å². The molecule has 1 aliphatic heterocycles. The standard InChI is InChI=1S/C14H15F3N4O5/c15-14(16,17)12-20-4-2-10(21-12)25-6-8(22)9(26-13(18)24)5-7-1-3-19-11(7)23/h2,4,7,9H,1,3,5-6H2,(H2,18,24)(H,19,23)/t7-,9?/m0/s1. The average molecular weight is 376 g/mol. The molecule has 1 aliphatic rings. The Morgan fingerprint density at radius 3 is 2.73 bits per heavy atom. The lowest BCUT2D eigenvalue weighted by Crippen LogP contribution is -2.36. The minimum atomic E-state index is -4.77. The van der Waals surface area contributed by atoms with Crippen LogP contribution in [-0.4, -0.2) is 47.0 Å². The van der Waals surface area contributed by atoms with Crippen LogP contribution in [0.3, 0.4) is 0 Å². The van der Waals surface area contributed by atoms with Gasteiger partial charge in [-0.1, -0.05) is 0 Å². The SMILES string of the molecule is NC(=O)OC(C[C@@H]1CCNC1=O)C(=O)COc1ccnc(C(F)(F)F)n1. The number of ether oxygens (including phenoxy) is 2. The van der Waals surface area contributed by atoms with Gasteiger partial charge in [0.15, 0.2) is 12.7 Å². The van der Waals surface area contributed by atoms with Crippen LogP contribution in [0.2, 0.25) is 0 Å². The number of amides is 2. The van der Waals surface area contributed by atoms with E-state index in [-0.39, 0.29) is 12.3 Å². The van der Waals surface area contributed by atoms with Crippen molar-refractivity contribution in [3.8, 4) is 5.88 Å². The number of alkyl halides is 3. The molecule has 26 heavy (non-hydrogen) atoms. The van der Waals surface area contributed by atoms with Crippen LogP contribution in [0.25, 0.3) is 0 Å². The summed E-state index contributed by atoms with van der Waals surface area (Å²) < 4.78 is 47.3. The number of ketones is 1. The van der Waals surface area contributed by atoms with Gasteiger partial charge in [-0.25, -0.2) is 9.78 Å². The van der Waals surface area contributed by atoms with Gasteiger partial charge >= 0.3 is 12.3 Å². The molecule has 1 unspecified atom stereocenters. The molecule has 2 rings (SSSR count). The van der Waals surface area contributed by atoms with E-state index in [2.05, 4.69) is 15.3 Å². The van der Waals surface area contributed by atoms with E-state index in [1.54, 1.807) is 0 Å². The molecule has 1 aromatic heterocycles. The molecule has 0 bridgehead atoms. The zero-order chi connectivity index (χ0) is 19.3. The molecule has 1 fully saturated rings. The molecule has 12 heteroatoms. The number of Topliss-reactive ketones (excluding diaryl/α,β-unsaturated/α-hetero) is 1. The number of nitrogens with two attached hydrogens (primary N) is 1. The summed E-state index contributed by atoms with van der Waals surface area (Å²) in [5, 5.41) is 2.57. The number of aromatic nitrogens is 2. The van der Waals surface area contributed by atoms with Gasteiger partial charge in [0, 0.05) is 31.1 Å². The van der Waals surface area contributed by atoms with Gasteiger partial charge in [-0.3, -0.25) is 9.59 Å². The quantitative estimate of drug-likeness (QED) is 0.705. The summed E-state index contributed by atoms with van der Waals surface area (Å²) in [6, 6.07) is 1.04. The van der Waals surface area contributed by atoms with E-state index >= 15 is 0 Å². The maximum Gasteiger partial charge on any atom is 0.451 e. The van der Waals surface area contributed by atoms with Crippen LogP contribution in [0.5, 0.6) is 5.88 Å². The van der Waals surface area contributed by atoms with Crippen molar-refractivity contribution in [3.63, 3.8) is 0 Å². The van der Waals surface area contributed by atoms with E-state index in [4.69, 9.17) is 15.2 Å². The second-order valence-corrected chi connectivity index (χ2v) is 5.41. The van der Waals surface area contributed by atoms with E-state index < -0.39 is 48.4 Å². The minimum absolute atomic E-state index is 0.103. The van der Waals surface area contributed by atoms with Crippen LogP contribution in [0.1, 0.15) is 18.7 Å². The van der Waals surface area contributed by atoms with Crippen LogP contribution < -0.4 is 15.8 Å². The van der Waals surface area contributed by atoms with Crippen LogP contribution >= 0.6 is 0 Å². The molecule has 0 saturated carbocycles. The predicted octanol–water partition coefficient (Wildman–Crippen LogP) is 0.433. The number of nitrogens with one attached hydrogen (secondary N) is 1. The highest BCUT2D eigenvalue weighted by Gasteiger charge is 2.35. The van der Waals surface area contributed by atoms with Gasteiger partial charge in [0.05, 0.1) is 0 Å². The summed E-state index contributed by atoms with van der Waals surface area (Å²) in [5.41, 5.74) is 4.91. The Kier molecular flexibility index (Phi) is 5.95. The number of carbonyl (C=O) groups excluding carboxylic acids is 3. The number of rotatable bonds is 7. The largest absolute Gasteiger partial charge is 0.469 e. The van der Waals surface area contributed by atoms with Gasteiger partial charge < -0.3 is 20.5 Å². The molecule has 2 atom stereocenters. The van der Waals surface area contributed by atoms with Gasteiger partial charge in [-0.15, -0.1) is 0 Å². The van der Waals surface area contributed by atoms with Crippen molar-refractivity contribution in [1.29, 1.82) is 0 Å². The van der Waals surface area contributed by atoms with Crippen molar-refractivity contribution in [2.24, 2.45) is 11.7 Å². The molecule has 0 aliphatic carbocycles. The monoisotopic (exact) mass is 376 g/mol. The van der Waals surface area contributed by atoms with Crippen molar-refractivity contribution < 1.29 is 37.0 Å². The molecule has 1 saturated heterocycles. The first kappa shape index (κ1) is 19.4. The first-order chi connectivity index (χ1) is 12.2. The first-order valence-electron chi connectivity index (χ1n) is 7.46. The molecule has 3 N–H and O–H groups in total. The van der Waals surface area contributed by atoms with Gasteiger partial charge in [-0.05, 0) is 6.42 Å². The fraction of sp³-hybridized carbons (Fsp3) is 0.500. The van der Waals surface area contributed by atoms with E-state index in [1.165, 1.54) is 0 Å². The van der Waals surface area contributed by atoms with Crippen molar-refractivity contribution >= 4 is 17.8 Å². The van der Waals surface area contributed by atoms with Crippen molar-refractivity contribution in [3.05, 3.63) is 18.1 Å². The molecule has 0 spiro atoms. The van der Waals surface area contributed by atoms with E-state index in [0.717, 1.165) is 12.3 Å². The van der Waals surface area contributed by atoms with Crippen LogP contribution in [0, 0.1) is 5.92 Å². The molecule has 9 nitrogen and oxygen atoms in total. The maximum atomic E-state index is 12.5. The third-order valence-electron chi connectivity index (χ3n) is 3.52. The summed E-state index contributed by atoms with van der Waals surface area (Å²) in [5.74, 6) is -3.50. The smallest absolute Gasteiger partial charge is 0.451 e. The number of nitrogens with zero attached hydrogens (tertiary/aromatic N) is 2. The Morgan fingerprint density at radius 2 is 2.15 bits per heavy atom. The molecule has 1 aromatic rings. The van der Waals surface area contributed by atoms with Crippen molar-refractivity contribution in [2.75, 3.05) is 13.2 Å². The molecule has 2 heterocycles. The number of carbonyl (C=O) groups is 3. The molecular formula is C14H15F3N4O5. The molecular weight excluding hydrogens is 361 g/mol. The second-order valence-electron chi connectivity index (χ2n) is 5.41. The van der Waals surface area contributed by atoms with Gasteiger partial charge in [0.25, 0.3) is 0 Å². The highest BCUT2D eigenvalue weighted by Crippen LogP contribution is 2.26. The number of halogens is 3. The Labute approximate surface area is 145 Å². The summed E-state index contributed by atoms with van der Waals surface area (Å²) in [4.78, 5) is 40.9. The lowest BCUT2D eigenvalue weighted by Gasteiger charge is -2.18. The maximum absolute atomic E-state index is 12.5. The molecule has 0 radical (unpaired) electrons. The van der Waals surface area contributed by atoms with Crippen LogP contribution in [0.4, 0.5) is 18.0 Å². The van der Waals surface area contributed by atoms with Gasteiger partial charge in [0.1, 0.15) is 0 Å². The van der Waals surface area contributed by atoms with Crippen molar-refractivity contribution in [2.45, 2.75) is 25.1 Å². The second kappa shape index (κ2) is 7.97. The number of hydrogen-bond acceptors (Lipinski definition) is 7. The Bertz CT molecular complexity index is 697.